The molecule has 1 atom stereocenters. The normalized spacial score (nSPS) is 17.7. The molecule has 1 heterocycles. The molecule has 31 heavy (non-hydrogen) atoms. The van der Waals surface area contributed by atoms with E-state index < -0.39 is 17.5 Å². The fourth-order valence-corrected chi connectivity index (χ4v) is 10.4. The van der Waals surface area contributed by atoms with Crippen LogP contribution in [0.2, 0.25) is 12.1 Å². The van der Waals surface area contributed by atoms with E-state index in [2.05, 4.69) is 11.5 Å². The number of rotatable bonds is 18. The summed E-state index contributed by atoms with van der Waals surface area (Å²) in [6, 6.07) is 1.65. The monoisotopic (exact) mass is 479 g/mol. The lowest BCUT2D eigenvalue weighted by Crippen LogP contribution is -2.55. The van der Waals surface area contributed by atoms with Crippen LogP contribution in [0.25, 0.3) is 0 Å². The molecular formula is C21H45NO7Si2. The second-order valence-corrected chi connectivity index (χ2v) is 13.6. The zero-order valence-corrected chi connectivity index (χ0v) is 22.6. The molecule has 1 aliphatic heterocycles. The average molecular weight is 480 g/mol. The van der Waals surface area contributed by atoms with E-state index >= 15 is 0 Å². The van der Waals surface area contributed by atoms with Gasteiger partial charge in [0.15, 0.2) is 0 Å². The van der Waals surface area contributed by atoms with E-state index in [1.165, 1.54) is 0 Å². The molecule has 0 bridgehead atoms. The first-order valence-corrected chi connectivity index (χ1v) is 15.9. The number of esters is 1. The van der Waals surface area contributed by atoms with Gasteiger partial charge in [-0.25, -0.2) is 0 Å². The fourth-order valence-electron chi connectivity index (χ4n) is 4.13. The predicted molar refractivity (Wildman–Crippen MR) is 125 cm³/mol. The van der Waals surface area contributed by atoms with Crippen molar-refractivity contribution in [1.82, 2.24) is 4.57 Å². The second kappa shape index (κ2) is 15.5. The van der Waals surface area contributed by atoms with Crippen LogP contribution in [0.5, 0.6) is 0 Å². The van der Waals surface area contributed by atoms with E-state index in [0.29, 0.717) is 58.5 Å². The molecule has 10 heteroatoms. The molecule has 0 aromatic carbocycles. The summed E-state index contributed by atoms with van der Waals surface area (Å²) in [6.45, 7) is 17.1. The van der Waals surface area contributed by atoms with Crippen LogP contribution in [0.4, 0.5) is 0 Å². The number of ether oxygens (including phenoxy) is 1. The van der Waals surface area contributed by atoms with Gasteiger partial charge in [-0.3, -0.25) is 9.36 Å². The van der Waals surface area contributed by atoms with Crippen LogP contribution in [-0.4, -0.2) is 80.8 Å². The van der Waals surface area contributed by atoms with Crippen molar-refractivity contribution in [2.45, 2.75) is 72.9 Å². The molecule has 8 nitrogen and oxygen atoms in total. The van der Waals surface area contributed by atoms with Gasteiger partial charge >= 0.3 is 23.5 Å². The van der Waals surface area contributed by atoms with Gasteiger partial charge in [0, 0.05) is 51.5 Å². The maximum absolute atomic E-state index is 12.4. The van der Waals surface area contributed by atoms with Gasteiger partial charge in [-0.1, -0.05) is 6.92 Å². The van der Waals surface area contributed by atoms with Gasteiger partial charge in [-0.15, -0.1) is 0 Å². The van der Waals surface area contributed by atoms with E-state index in [1.807, 2.05) is 34.6 Å². The van der Waals surface area contributed by atoms with Crippen LogP contribution in [0.15, 0.2) is 0 Å². The number of hydrogen-bond donors (Lipinski definition) is 0. The Hall–Kier alpha value is -0.336. The Bertz CT molecular complexity index is 475. The Kier molecular flexibility index (Phi) is 14.3. The Morgan fingerprint density at radius 1 is 0.968 bits per heavy atom. The lowest BCUT2D eigenvalue weighted by Gasteiger charge is -2.35. The summed E-state index contributed by atoms with van der Waals surface area (Å²) >= 11 is 0. The summed E-state index contributed by atoms with van der Waals surface area (Å²) in [5.74, 6) is 0.0189. The van der Waals surface area contributed by atoms with Crippen molar-refractivity contribution in [3.8, 4) is 0 Å². The Balaban J connectivity index is 2.44. The third-order valence-electron chi connectivity index (χ3n) is 5.17. The van der Waals surface area contributed by atoms with Gasteiger partial charge in [0.2, 0.25) is 0 Å². The molecule has 1 saturated heterocycles. The third-order valence-corrected chi connectivity index (χ3v) is 12.2. The molecule has 0 spiro atoms. The Morgan fingerprint density at radius 3 is 2.06 bits per heavy atom. The average Bonchev–Trinajstić information content (AvgIpc) is 3.08. The quantitative estimate of drug-likeness (QED) is 0.167. The summed E-state index contributed by atoms with van der Waals surface area (Å²) < 4.78 is 37.6. The maximum atomic E-state index is 12.4. The molecule has 1 rings (SSSR count). The molecule has 0 aromatic rings. The highest BCUT2D eigenvalue weighted by atomic mass is 28.4. The standard InChI is InChI=1S/C21H45NO7Si2/c1-7-25-30(26-8-2)16-12-14-22(30)19-20(6)18-21(23)24-15-13-17-31(27-9-3,28-10-4)29-11-5/h20H,7-19H2,1-6H3. The van der Waals surface area contributed by atoms with Crippen LogP contribution >= 0.6 is 0 Å². The van der Waals surface area contributed by atoms with Crippen molar-refractivity contribution in [2.75, 3.05) is 52.7 Å². The summed E-state index contributed by atoms with van der Waals surface area (Å²) in [5, 5.41) is 0. The number of nitrogens with zero attached hydrogens (tertiary/aromatic N) is 1. The Morgan fingerprint density at radius 2 is 1.55 bits per heavy atom. The van der Waals surface area contributed by atoms with Gasteiger partial charge in [0.05, 0.1) is 6.61 Å². The minimum Gasteiger partial charge on any atom is -0.466 e. The van der Waals surface area contributed by atoms with Crippen LogP contribution in [0.3, 0.4) is 0 Å². The highest BCUT2D eigenvalue weighted by molar-refractivity contribution is 6.65. The molecule has 184 valence electrons. The van der Waals surface area contributed by atoms with Crippen molar-refractivity contribution < 1.29 is 31.7 Å². The molecule has 0 aromatic heterocycles. The smallest absolute Gasteiger partial charge is 0.466 e. The van der Waals surface area contributed by atoms with Crippen LogP contribution in [0, 0.1) is 5.92 Å². The first-order chi connectivity index (χ1) is 14.9. The van der Waals surface area contributed by atoms with Crippen molar-refractivity contribution in [3.05, 3.63) is 0 Å². The summed E-state index contributed by atoms with van der Waals surface area (Å²) in [6.07, 6.45) is 2.15. The lowest BCUT2D eigenvalue weighted by molar-refractivity contribution is -0.144. The first kappa shape index (κ1) is 28.7. The van der Waals surface area contributed by atoms with Gasteiger partial charge in [0.25, 0.3) is 0 Å². The maximum Gasteiger partial charge on any atom is 0.501 e. The largest absolute Gasteiger partial charge is 0.501 e. The molecule has 0 amide bonds. The molecule has 0 radical (unpaired) electrons. The van der Waals surface area contributed by atoms with Crippen molar-refractivity contribution in [1.29, 1.82) is 0 Å². The molecular weight excluding hydrogens is 434 g/mol. The topological polar surface area (TPSA) is 75.7 Å². The SMILES string of the molecule is CCO[Si](CCCOC(=O)CC(C)CN1CCC[Si]1(OCC)OCC)(OCC)OCC. The summed E-state index contributed by atoms with van der Waals surface area (Å²) in [4.78, 5) is 12.4. The van der Waals surface area contributed by atoms with Crippen molar-refractivity contribution >= 4 is 23.5 Å². The van der Waals surface area contributed by atoms with Crippen LogP contribution in [0.1, 0.15) is 60.8 Å². The predicted octanol–water partition coefficient (Wildman–Crippen LogP) is 3.71. The van der Waals surface area contributed by atoms with Gasteiger partial charge in [0.1, 0.15) is 0 Å². The van der Waals surface area contributed by atoms with Gasteiger partial charge in [-0.05, 0) is 66.5 Å². The molecule has 0 N–H and O–H groups in total. The van der Waals surface area contributed by atoms with E-state index in [9.17, 15) is 4.79 Å². The van der Waals surface area contributed by atoms with Crippen LogP contribution < -0.4 is 0 Å². The first-order valence-electron chi connectivity index (χ1n) is 12.0. The number of hydrogen-bond acceptors (Lipinski definition) is 8. The third kappa shape index (κ3) is 9.59. The van der Waals surface area contributed by atoms with E-state index in [4.69, 9.17) is 26.9 Å². The van der Waals surface area contributed by atoms with Gasteiger partial charge in [-0.2, -0.15) is 0 Å². The van der Waals surface area contributed by atoms with E-state index in [-0.39, 0.29) is 11.9 Å². The summed E-state index contributed by atoms with van der Waals surface area (Å²) in [7, 11) is -4.98. The molecule has 0 aliphatic carbocycles. The molecule has 1 fully saturated rings. The zero-order valence-electron chi connectivity index (χ0n) is 20.6. The van der Waals surface area contributed by atoms with Crippen molar-refractivity contribution in [3.63, 3.8) is 0 Å². The minimum absolute atomic E-state index is 0.164. The van der Waals surface area contributed by atoms with E-state index in [0.717, 1.165) is 25.6 Å². The Labute approximate surface area is 191 Å². The highest BCUT2D eigenvalue weighted by Gasteiger charge is 2.48. The highest BCUT2D eigenvalue weighted by Crippen LogP contribution is 2.29. The zero-order chi connectivity index (χ0) is 23.2. The molecule has 0 saturated carbocycles. The fraction of sp³-hybridized carbons (Fsp3) is 0.952. The van der Waals surface area contributed by atoms with E-state index in [1.54, 1.807) is 0 Å². The number of carbonyl (C=O) groups is 1. The van der Waals surface area contributed by atoms with Crippen LogP contribution in [-0.2, 0) is 31.7 Å². The van der Waals surface area contributed by atoms with Crippen molar-refractivity contribution in [2.24, 2.45) is 5.92 Å². The summed E-state index contributed by atoms with van der Waals surface area (Å²) in [5.41, 5.74) is 0. The minimum atomic E-state index is -2.68. The van der Waals surface area contributed by atoms with Gasteiger partial charge < -0.3 is 26.9 Å². The lowest BCUT2D eigenvalue weighted by atomic mass is 10.1. The molecule has 1 aliphatic rings. The second-order valence-electron chi connectivity index (χ2n) is 7.74. The number of carbonyl (C=O) groups excluding carboxylic acids is 1. The molecule has 1 unspecified atom stereocenters.